The minimum Gasteiger partial charge on any atom is -0.504 e. The van der Waals surface area contributed by atoms with Crippen molar-refractivity contribution >= 4 is 29.6 Å². The first kappa shape index (κ1) is 21.6. The number of nitrogens with zero attached hydrogens (tertiary/aromatic N) is 1. The highest BCUT2D eigenvalue weighted by Crippen LogP contribution is 2.34. The molecule has 31 heavy (non-hydrogen) atoms. The largest absolute Gasteiger partial charge is 0.504 e. The highest BCUT2D eigenvalue weighted by atomic mass is 16.5. The number of imide groups is 2. The smallest absolute Gasteiger partial charge is 0.336 e. The fourth-order valence-electron chi connectivity index (χ4n) is 3.20. The third-order valence-corrected chi connectivity index (χ3v) is 4.58. The van der Waals surface area contributed by atoms with Crippen molar-refractivity contribution in [1.29, 1.82) is 0 Å². The summed E-state index contributed by atoms with van der Waals surface area (Å²) in [6.07, 6.45) is 3.30. The molecule has 0 unspecified atom stereocenters. The normalized spacial score (nSPS) is 15.1. The molecule has 8 heteroatoms. The van der Waals surface area contributed by atoms with Crippen LogP contribution in [0.3, 0.4) is 0 Å². The summed E-state index contributed by atoms with van der Waals surface area (Å²) in [4.78, 5) is 39.0. The van der Waals surface area contributed by atoms with Crippen molar-refractivity contribution < 1.29 is 29.0 Å². The van der Waals surface area contributed by atoms with Gasteiger partial charge in [0.1, 0.15) is 11.3 Å². The predicted molar refractivity (Wildman–Crippen MR) is 115 cm³/mol. The number of allylic oxidation sites excluding steroid dienone is 1. The van der Waals surface area contributed by atoms with E-state index >= 15 is 0 Å². The molecule has 8 nitrogen and oxygen atoms in total. The van der Waals surface area contributed by atoms with Gasteiger partial charge >= 0.3 is 6.03 Å². The van der Waals surface area contributed by atoms with Crippen molar-refractivity contribution in [2.45, 2.75) is 13.3 Å². The fraction of sp³-hybridized carbons (Fsp3) is 0.174. The number of urea groups is 1. The number of methoxy groups -OCH3 is 1. The van der Waals surface area contributed by atoms with Gasteiger partial charge in [-0.2, -0.15) is 0 Å². The number of barbiturate groups is 1. The summed E-state index contributed by atoms with van der Waals surface area (Å²) < 4.78 is 10.7. The number of amides is 4. The van der Waals surface area contributed by atoms with E-state index in [1.54, 1.807) is 43.3 Å². The number of phenols is 1. The van der Waals surface area contributed by atoms with Crippen LogP contribution in [0.2, 0.25) is 0 Å². The molecule has 1 aliphatic heterocycles. The summed E-state index contributed by atoms with van der Waals surface area (Å²) in [7, 11) is 1.40. The number of carbonyl (C=O) groups excluding carboxylic acids is 3. The average molecular weight is 422 g/mol. The van der Waals surface area contributed by atoms with Gasteiger partial charge in [0.25, 0.3) is 11.8 Å². The third-order valence-electron chi connectivity index (χ3n) is 4.58. The molecule has 1 aliphatic rings. The van der Waals surface area contributed by atoms with Gasteiger partial charge in [-0.3, -0.25) is 14.9 Å². The number of nitrogens with one attached hydrogen (secondary N) is 1. The van der Waals surface area contributed by atoms with Gasteiger partial charge in [0.2, 0.25) is 0 Å². The molecule has 1 fully saturated rings. The molecule has 0 aromatic heterocycles. The van der Waals surface area contributed by atoms with E-state index in [1.807, 2.05) is 0 Å². The quantitative estimate of drug-likeness (QED) is 0.403. The van der Waals surface area contributed by atoms with Crippen LogP contribution in [0.5, 0.6) is 17.2 Å². The molecule has 0 saturated carbocycles. The second-order valence-electron chi connectivity index (χ2n) is 6.58. The Labute approximate surface area is 179 Å². The molecule has 0 aliphatic carbocycles. The number of phenolic OH excluding ortho intramolecular Hbond substituents is 1. The molecule has 3 rings (SSSR count). The van der Waals surface area contributed by atoms with Crippen LogP contribution in [0.4, 0.5) is 10.5 Å². The van der Waals surface area contributed by atoms with E-state index in [9.17, 15) is 19.5 Å². The number of aromatic hydroxyl groups is 1. The molecule has 0 bridgehead atoms. The van der Waals surface area contributed by atoms with Crippen molar-refractivity contribution in [3.8, 4) is 17.2 Å². The molecule has 4 amide bonds. The summed E-state index contributed by atoms with van der Waals surface area (Å²) in [5.41, 5.74) is 0.931. The van der Waals surface area contributed by atoms with Crippen molar-refractivity contribution in [3.63, 3.8) is 0 Å². The highest BCUT2D eigenvalue weighted by Gasteiger charge is 2.38. The van der Waals surface area contributed by atoms with Crippen LogP contribution in [-0.4, -0.2) is 36.7 Å². The van der Waals surface area contributed by atoms with E-state index < -0.39 is 17.8 Å². The SMILES string of the molecule is C=CCc1cc(/C=C2\C(=O)NC(=O)N(c3ccccc3OCC)C2=O)cc(OC)c1O. The van der Waals surface area contributed by atoms with E-state index in [4.69, 9.17) is 9.47 Å². The molecular formula is C23H22N2O6. The first-order chi connectivity index (χ1) is 14.9. The molecule has 2 aromatic rings. The van der Waals surface area contributed by atoms with Gasteiger partial charge < -0.3 is 14.6 Å². The molecule has 2 aromatic carbocycles. The Morgan fingerprint density at radius 2 is 1.90 bits per heavy atom. The first-order valence-electron chi connectivity index (χ1n) is 9.55. The van der Waals surface area contributed by atoms with Gasteiger partial charge in [0, 0.05) is 5.56 Å². The monoisotopic (exact) mass is 422 g/mol. The zero-order chi connectivity index (χ0) is 22.5. The van der Waals surface area contributed by atoms with Crippen LogP contribution in [0.1, 0.15) is 18.1 Å². The van der Waals surface area contributed by atoms with E-state index in [-0.39, 0.29) is 22.8 Å². The number of ether oxygens (including phenoxy) is 2. The highest BCUT2D eigenvalue weighted by molar-refractivity contribution is 6.39. The standard InChI is InChI=1S/C23H22N2O6/c1-4-8-15-11-14(13-19(30-3)20(15)26)12-16-21(27)24-23(29)25(22(16)28)17-9-6-7-10-18(17)31-5-2/h4,6-7,9-13,26H,1,5,8H2,2-3H3,(H,24,27,29)/b16-12+. The Morgan fingerprint density at radius 1 is 1.16 bits per heavy atom. The zero-order valence-corrected chi connectivity index (χ0v) is 17.2. The van der Waals surface area contributed by atoms with Crippen molar-refractivity contribution in [2.75, 3.05) is 18.6 Å². The molecule has 0 atom stereocenters. The molecule has 1 heterocycles. The Morgan fingerprint density at radius 3 is 2.58 bits per heavy atom. The van der Waals surface area contributed by atoms with Crippen molar-refractivity contribution in [1.82, 2.24) is 5.32 Å². The van der Waals surface area contributed by atoms with Gasteiger partial charge in [0.15, 0.2) is 11.5 Å². The molecule has 0 spiro atoms. The van der Waals surface area contributed by atoms with E-state index in [1.165, 1.54) is 19.3 Å². The molecule has 0 radical (unpaired) electrons. The van der Waals surface area contributed by atoms with Gasteiger partial charge in [-0.25, -0.2) is 9.69 Å². The van der Waals surface area contributed by atoms with Gasteiger partial charge in [-0.1, -0.05) is 18.2 Å². The Kier molecular flexibility index (Phi) is 6.40. The molecule has 1 saturated heterocycles. The van der Waals surface area contributed by atoms with Gasteiger partial charge in [-0.05, 0) is 49.2 Å². The average Bonchev–Trinajstić information content (AvgIpc) is 2.74. The topological polar surface area (TPSA) is 105 Å². The third kappa shape index (κ3) is 4.28. The van der Waals surface area contributed by atoms with Crippen LogP contribution in [0.15, 0.2) is 54.6 Å². The summed E-state index contributed by atoms with van der Waals surface area (Å²) in [5.74, 6) is -1.15. The minimum absolute atomic E-state index is 0.0496. The number of carbonyl (C=O) groups is 3. The van der Waals surface area contributed by atoms with Crippen LogP contribution in [-0.2, 0) is 16.0 Å². The number of para-hydroxylation sites is 2. The summed E-state index contributed by atoms with van der Waals surface area (Å²) in [6.45, 7) is 5.77. The molecular weight excluding hydrogens is 400 g/mol. The lowest BCUT2D eigenvalue weighted by Crippen LogP contribution is -2.54. The van der Waals surface area contributed by atoms with E-state index in [2.05, 4.69) is 11.9 Å². The Bertz CT molecular complexity index is 1090. The number of rotatable bonds is 7. The zero-order valence-electron chi connectivity index (χ0n) is 17.2. The number of hydrogen-bond donors (Lipinski definition) is 2. The first-order valence-corrected chi connectivity index (χ1v) is 9.55. The second kappa shape index (κ2) is 9.17. The number of anilines is 1. The maximum atomic E-state index is 13.2. The minimum atomic E-state index is -0.866. The Hall–Kier alpha value is -4.07. The van der Waals surface area contributed by atoms with Gasteiger partial charge in [0.05, 0.1) is 19.4 Å². The van der Waals surface area contributed by atoms with Crippen LogP contribution in [0, 0.1) is 0 Å². The van der Waals surface area contributed by atoms with E-state index in [0.717, 1.165) is 4.90 Å². The number of hydrogen-bond acceptors (Lipinski definition) is 6. The maximum absolute atomic E-state index is 13.2. The van der Waals surface area contributed by atoms with Crippen molar-refractivity contribution in [2.24, 2.45) is 0 Å². The van der Waals surface area contributed by atoms with Crippen LogP contribution < -0.4 is 19.7 Å². The lowest BCUT2D eigenvalue weighted by Gasteiger charge is -2.27. The maximum Gasteiger partial charge on any atom is 0.336 e. The molecule has 2 N–H and O–H groups in total. The summed E-state index contributed by atoms with van der Waals surface area (Å²) in [6, 6.07) is 8.80. The van der Waals surface area contributed by atoms with Gasteiger partial charge in [-0.15, -0.1) is 6.58 Å². The fourth-order valence-corrected chi connectivity index (χ4v) is 3.20. The summed E-state index contributed by atoms with van der Waals surface area (Å²) in [5, 5.41) is 12.4. The van der Waals surface area contributed by atoms with Crippen molar-refractivity contribution in [3.05, 3.63) is 65.8 Å². The molecule has 160 valence electrons. The van der Waals surface area contributed by atoms with Crippen LogP contribution >= 0.6 is 0 Å². The van der Waals surface area contributed by atoms with Crippen LogP contribution in [0.25, 0.3) is 6.08 Å². The lowest BCUT2D eigenvalue weighted by atomic mass is 10.0. The lowest BCUT2D eigenvalue weighted by molar-refractivity contribution is -0.122. The predicted octanol–water partition coefficient (Wildman–Crippen LogP) is 3.19. The van der Waals surface area contributed by atoms with E-state index in [0.29, 0.717) is 29.9 Å². The summed E-state index contributed by atoms with van der Waals surface area (Å²) >= 11 is 0. The second-order valence-corrected chi connectivity index (χ2v) is 6.58. The Balaban J connectivity index is 2.08. The number of benzene rings is 2.